The molecule has 0 aliphatic heterocycles. The third kappa shape index (κ3) is 4.68. The first kappa shape index (κ1) is 22.0. The number of amides is 1. The molecule has 1 aliphatic carbocycles. The number of rotatable bonds is 7. The van der Waals surface area contributed by atoms with Crippen LogP contribution < -0.4 is 10.0 Å². The van der Waals surface area contributed by atoms with Gasteiger partial charge in [-0.2, -0.15) is 0 Å². The molecule has 0 unspecified atom stereocenters. The van der Waals surface area contributed by atoms with Gasteiger partial charge in [-0.05, 0) is 67.1 Å². The molecule has 3 N–H and O–H groups in total. The lowest BCUT2D eigenvalue weighted by atomic mass is 9.87. The molecule has 1 aliphatic rings. The monoisotopic (exact) mass is 470 g/mol. The Kier molecular flexibility index (Phi) is 6.29. The Morgan fingerprint density at radius 3 is 2.47 bits per heavy atom. The second kappa shape index (κ2) is 9.13. The van der Waals surface area contributed by atoms with E-state index in [-0.39, 0.29) is 27.9 Å². The van der Waals surface area contributed by atoms with Crippen molar-refractivity contribution >= 4 is 38.9 Å². The predicted molar refractivity (Wildman–Crippen MR) is 123 cm³/mol. The summed E-state index contributed by atoms with van der Waals surface area (Å²) in [5.74, 6) is -1.39. The summed E-state index contributed by atoms with van der Waals surface area (Å²) >= 11 is 1.03. The summed E-state index contributed by atoms with van der Waals surface area (Å²) in [5, 5.41) is 12.5. The Balaban J connectivity index is 1.51. The Hall–Kier alpha value is -3.17. The fraction of sp³-hybridized carbons (Fsp3) is 0.217. The van der Waals surface area contributed by atoms with Gasteiger partial charge in [-0.25, -0.2) is 13.2 Å². The summed E-state index contributed by atoms with van der Waals surface area (Å²) in [6.07, 6.45) is 3.30. The van der Waals surface area contributed by atoms with Crippen LogP contribution in [0.15, 0.2) is 58.8 Å². The van der Waals surface area contributed by atoms with Crippen LogP contribution in [0, 0.1) is 0 Å². The number of benzene rings is 2. The van der Waals surface area contributed by atoms with Crippen molar-refractivity contribution in [3.63, 3.8) is 0 Å². The van der Waals surface area contributed by atoms with Crippen LogP contribution in [0.4, 0.5) is 5.69 Å². The average molecular weight is 471 g/mol. The van der Waals surface area contributed by atoms with Crippen LogP contribution in [0.3, 0.4) is 0 Å². The first-order valence-electron chi connectivity index (χ1n) is 10.2. The van der Waals surface area contributed by atoms with Gasteiger partial charge in [-0.3, -0.25) is 9.52 Å². The van der Waals surface area contributed by atoms with Crippen molar-refractivity contribution in [2.45, 2.75) is 36.4 Å². The summed E-state index contributed by atoms with van der Waals surface area (Å²) in [5.41, 5.74) is 2.29. The van der Waals surface area contributed by atoms with Crippen molar-refractivity contribution in [3.05, 3.63) is 81.7 Å². The highest BCUT2D eigenvalue weighted by atomic mass is 32.2. The number of anilines is 1. The lowest BCUT2D eigenvalue weighted by Gasteiger charge is -2.20. The number of nitrogens with one attached hydrogen (secondary N) is 2. The van der Waals surface area contributed by atoms with Gasteiger partial charge in [0.1, 0.15) is 4.21 Å². The normalized spacial score (nSPS) is 13.2. The molecule has 0 radical (unpaired) electrons. The molecule has 7 nitrogen and oxygen atoms in total. The molecule has 2 aromatic carbocycles. The highest BCUT2D eigenvalue weighted by Crippen LogP contribution is 2.32. The SMILES string of the molecule is O=C(NCc1ccc(S(=O)(=O)Nc2ccc3c(c2C(=O)O)CCCC3)s1)c1ccccc1. The van der Waals surface area contributed by atoms with E-state index in [1.807, 2.05) is 6.07 Å². The molecule has 166 valence electrons. The minimum Gasteiger partial charge on any atom is -0.478 e. The molecule has 3 aromatic rings. The molecular formula is C23H22N2O5S2. The van der Waals surface area contributed by atoms with E-state index in [1.54, 1.807) is 36.4 Å². The zero-order valence-electron chi connectivity index (χ0n) is 17.1. The van der Waals surface area contributed by atoms with Gasteiger partial charge in [0.25, 0.3) is 15.9 Å². The molecule has 9 heteroatoms. The van der Waals surface area contributed by atoms with Crippen LogP contribution in [-0.2, 0) is 29.4 Å². The van der Waals surface area contributed by atoms with Crippen LogP contribution in [-0.4, -0.2) is 25.4 Å². The predicted octanol–water partition coefficient (Wildman–Crippen LogP) is 4.06. The van der Waals surface area contributed by atoms with Crippen LogP contribution in [0.25, 0.3) is 0 Å². The first-order valence-corrected chi connectivity index (χ1v) is 12.5. The van der Waals surface area contributed by atoms with E-state index in [9.17, 15) is 23.1 Å². The van der Waals surface area contributed by atoms with Crippen LogP contribution in [0.1, 0.15) is 49.6 Å². The van der Waals surface area contributed by atoms with Gasteiger partial charge in [0.2, 0.25) is 0 Å². The van der Waals surface area contributed by atoms with E-state index >= 15 is 0 Å². The number of thiophene rings is 1. The van der Waals surface area contributed by atoms with Crippen molar-refractivity contribution in [3.8, 4) is 0 Å². The molecule has 0 spiro atoms. The summed E-state index contributed by atoms with van der Waals surface area (Å²) in [7, 11) is -3.97. The maximum atomic E-state index is 12.9. The average Bonchev–Trinajstić information content (AvgIpc) is 3.27. The van der Waals surface area contributed by atoms with Crippen molar-refractivity contribution in [2.24, 2.45) is 0 Å². The zero-order chi connectivity index (χ0) is 22.7. The summed E-state index contributed by atoms with van der Waals surface area (Å²) in [6, 6.07) is 15.2. The molecule has 4 rings (SSSR count). The zero-order valence-corrected chi connectivity index (χ0v) is 18.8. The minimum absolute atomic E-state index is 0.0256. The topological polar surface area (TPSA) is 113 Å². The fourth-order valence-electron chi connectivity index (χ4n) is 3.81. The number of aromatic carboxylic acids is 1. The highest BCUT2D eigenvalue weighted by Gasteiger charge is 2.25. The first-order chi connectivity index (χ1) is 15.3. The molecule has 0 fully saturated rings. The molecule has 0 saturated carbocycles. The molecule has 1 heterocycles. The number of carbonyl (C=O) groups is 2. The van der Waals surface area contributed by atoms with E-state index in [1.165, 1.54) is 12.1 Å². The maximum absolute atomic E-state index is 12.9. The van der Waals surface area contributed by atoms with Gasteiger partial charge in [0, 0.05) is 10.4 Å². The standard InChI is InChI=1S/C23H22N2O5S2/c26-22(16-7-2-1-3-8-16)24-14-17-11-13-20(31-17)32(29,30)25-19-12-10-15-6-4-5-9-18(15)21(19)23(27)28/h1-3,7-8,10-13,25H,4-6,9,14H2,(H,24,26)(H,27,28). The number of carboxylic acids is 1. The molecular weight excluding hydrogens is 448 g/mol. The Labute approximate surface area is 190 Å². The van der Waals surface area contributed by atoms with Crippen LogP contribution in [0.5, 0.6) is 0 Å². The Morgan fingerprint density at radius 1 is 0.969 bits per heavy atom. The molecule has 0 bridgehead atoms. The van der Waals surface area contributed by atoms with E-state index in [0.29, 0.717) is 22.4 Å². The fourth-order valence-corrected chi connectivity index (χ4v) is 6.18. The molecule has 1 amide bonds. The third-order valence-electron chi connectivity index (χ3n) is 5.35. The Bertz CT molecular complexity index is 1270. The smallest absolute Gasteiger partial charge is 0.338 e. The number of hydrogen-bond acceptors (Lipinski definition) is 5. The van der Waals surface area contributed by atoms with Crippen molar-refractivity contribution in [1.82, 2.24) is 5.32 Å². The van der Waals surface area contributed by atoms with Crippen LogP contribution >= 0.6 is 11.3 Å². The van der Waals surface area contributed by atoms with Gasteiger partial charge in [0.05, 0.1) is 17.8 Å². The minimum atomic E-state index is -3.97. The maximum Gasteiger partial charge on any atom is 0.338 e. The van der Waals surface area contributed by atoms with Crippen molar-refractivity contribution < 1.29 is 23.1 Å². The van der Waals surface area contributed by atoms with E-state index < -0.39 is 16.0 Å². The second-order valence-corrected chi connectivity index (χ2v) is 10.6. The highest BCUT2D eigenvalue weighted by molar-refractivity contribution is 7.94. The number of hydrogen-bond donors (Lipinski definition) is 3. The van der Waals surface area contributed by atoms with Crippen LogP contribution in [0.2, 0.25) is 0 Å². The Morgan fingerprint density at radius 2 is 1.72 bits per heavy atom. The number of aryl methyl sites for hydroxylation is 1. The van der Waals surface area contributed by atoms with E-state index in [4.69, 9.17) is 0 Å². The number of sulfonamides is 1. The number of fused-ring (bicyclic) bond motifs is 1. The lowest BCUT2D eigenvalue weighted by molar-refractivity contribution is 0.0696. The third-order valence-corrected chi connectivity index (χ3v) is 8.29. The van der Waals surface area contributed by atoms with Gasteiger partial charge in [0.15, 0.2) is 0 Å². The van der Waals surface area contributed by atoms with E-state index in [0.717, 1.165) is 36.2 Å². The quantitative estimate of drug-likeness (QED) is 0.482. The lowest BCUT2D eigenvalue weighted by Crippen LogP contribution is -2.22. The number of carboxylic acid groups (broad SMARTS) is 1. The second-order valence-electron chi connectivity index (χ2n) is 7.51. The largest absolute Gasteiger partial charge is 0.478 e. The molecule has 32 heavy (non-hydrogen) atoms. The van der Waals surface area contributed by atoms with Crippen molar-refractivity contribution in [2.75, 3.05) is 4.72 Å². The van der Waals surface area contributed by atoms with E-state index in [2.05, 4.69) is 10.0 Å². The van der Waals surface area contributed by atoms with Gasteiger partial charge >= 0.3 is 5.97 Å². The summed E-state index contributed by atoms with van der Waals surface area (Å²) < 4.78 is 28.4. The summed E-state index contributed by atoms with van der Waals surface area (Å²) in [6.45, 7) is 0.188. The molecule has 1 aromatic heterocycles. The van der Waals surface area contributed by atoms with Gasteiger partial charge in [-0.1, -0.05) is 24.3 Å². The van der Waals surface area contributed by atoms with Crippen molar-refractivity contribution in [1.29, 1.82) is 0 Å². The molecule has 0 atom stereocenters. The summed E-state index contributed by atoms with van der Waals surface area (Å²) in [4.78, 5) is 24.8. The molecule has 0 saturated heterocycles. The van der Waals surface area contributed by atoms with Gasteiger partial charge in [-0.15, -0.1) is 11.3 Å². The van der Waals surface area contributed by atoms with Gasteiger partial charge < -0.3 is 10.4 Å². The number of carbonyl (C=O) groups excluding carboxylic acids is 1.